The molecule has 1 N–H and O–H groups in total. The molecule has 0 aliphatic rings. The second kappa shape index (κ2) is 5.07. The Morgan fingerprint density at radius 2 is 2.12 bits per heavy atom. The number of ether oxygens (including phenoxy) is 1. The Balaban J connectivity index is 3.40. The molecule has 8 heteroatoms. The molecule has 0 radical (unpaired) electrons. The van der Waals surface area contributed by atoms with E-state index < -0.39 is 32.8 Å². The van der Waals surface area contributed by atoms with E-state index in [-0.39, 0.29) is 0 Å². The van der Waals surface area contributed by atoms with Gasteiger partial charge >= 0.3 is 6.61 Å². The van der Waals surface area contributed by atoms with Gasteiger partial charge < -0.3 is 4.74 Å². The maximum Gasteiger partial charge on any atom is 0.387 e. The van der Waals surface area contributed by atoms with Crippen LogP contribution in [0.25, 0.3) is 0 Å². The fourth-order valence-electron chi connectivity index (χ4n) is 1.15. The fourth-order valence-corrected chi connectivity index (χ4v) is 2.04. The molecule has 0 aliphatic carbocycles. The number of nitrogens with zero attached hydrogens (tertiary/aromatic N) is 1. The van der Waals surface area contributed by atoms with Crippen LogP contribution in [0.2, 0.25) is 0 Å². The van der Waals surface area contributed by atoms with E-state index in [2.05, 4.69) is 4.74 Å². The van der Waals surface area contributed by atoms with Gasteiger partial charge in [0.05, 0.1) is 0 Å². The molecule has 0 heterocycles. The minimum absolute atomic E-state index is 0.402. The van der Waals surface area contributed by atoms with E-state index >= 15 is 0 Å². The third kappa shape index (κ3) is 2.89. The molecule has 17 heavy (non-hydrogen) atoms. The molecule has 1 rings (SSSR count). The van der Waals surface area contributed by atoms with Crippen molar-refractivity contribution in [1.82, 2.24) is 4.72 Å². The zero-order valence-corrected chi connectivity index (χ0v) is 9.46. The highest BCUT2D eigenvalue weighted by atomic mass is 32.2. The van der Waals surface area contributed by atoms with Crippen molar-refractivity contribution in [2.24, 2.45) is 0 Å². The molecule has 0 saturated heterocycles. The van der Waals surface area contributed by atoms with Crippen molar-refractivity contribution in [3.8, 4) is 11.8 Å². The van der Waals surface area contributed by atoms with Crippen molar-refractivity contribution in [1.29, 1.82) is 5.26 Å². The Morgan fingerprint density at radius 1 is 1.47 bits per heavy atom. The molecule has 0 atom stereocenters. The first-order valence-corrected chi connectivity index (χ1v) is 5.82. The van der Waals surface area contributed by atoms with Crippen molar-refractivity contribution < 1.29 is 21.9 Å². The Kier molecular flexibility index (Phi) is 3.98. The largest absolute Gasteiger partial charge is 0.433 e. The van der Waals surface area contributed by atoms with E-state index in [9.17, 15) is 17.2 Å². The Bertz CT molecular complexity index is 552. The van der Waals surface area contributed by atoms with Crippen LogP contribution in [-0.2, 0) is 10.0 Å². The van der Waals surface area contributed by atoms with Crippen LogP contribution in [0.1, 0.15) is 5.56 Å². The van der Waals surface area contributed by atoms with Crippen LogP contribution in [0.4, 0.5) is 8.78 Å². The zero-order valence-electron chi connectivity index (χ0n) is 8.65. The van der Waals surface area contributed by atoms with Gasteiger partial charge in [0, 0.05) is 0 Å². The van der Waals surface area contributed by atoms with E-state index in [1.165, 1.54) is 12.1 Å². The van der Waals surface area contributed by atoms with Gasteiger partial charge in [-0.3, -0.25) is 0 Å². The van der Waals surface area contributed by atoms with Crippen molar-refractivity contribution >= 4 is 10.0 Å². The Morgan fingerprint density at radius 3 is 2.59 bits per heavy atom. The van der Waals surface area contributed by atoms with Gasteiger partial charge in [0.15, 0.2) is 0 Å². The SMILES string of the molecule is CNS(=O)(=O)c1cccc(OC(F)F)c1C#N. The van der Waals surface area contributed by atoms with Gasteiger partial charge in [-0.2, -0.15) is 14.0 Å². The minimum atomic E-state index is -3.90. The van der Waals surface area contributed by atoms with E-state index in [1.54, 1.807) is 0 Å². The topological polar surface area (TPSA) is 79.2 Å². The van der Waals surface area contributed by atoms with Crippen LogP contribution < -0.4 is 9.46 Å². The summed E-state index contributed by atoms with van der Waals surface area (Å²) in [6.07, 6.45) is 0. The summed E-state index contributed by atoms with van der Waals surface area (Å²) in [7, 11) is -2.75. The molecule has 0 amide bonds. The number of hydrogen-bond acceptors (Lipinski definition) is 4. The highest BCUT2D eigenvalue weighted by molar-refractivity contribution is 7.89. The number of hydrogen-bond donors (Lipinski definition) is 1. The molecular weight excluding hydrogens is 254 g/mol. The third-order valence-electron chi connectivity index (χ3n) is 1.87. The molecule has 1 aromatic carbocycles. The van der Waals surface area contributed by atoms with E-state index in [0.29, 0.717) is 0 Å². The maximum atomic E-state index is 12.1. The predicted molar refractivity (Wildman–Crippen MR) is 54.0 cm³/mol. The summed E-state index contributed by atoms with van der Waals surface area (Å²) in [6.45, 7) is -3.13. The number of nitrogens with one attached hydrogen (secondary N) is 1. The lowest BCUT2D eigenvalue weighted by atomic mass is 10.2. The minimum Gasteiger partial charge on any atom is -0.433 e. The molecule has 0 aliphatic heterocycles. The van der Waals surface area contributed by atoms with Gasteiger partial charge in [-0.25, -0.2) is 13.1 Å². The van der Waals surface area contributed by atoms with Crippen molar-refractivity contribution in [3.63, 3.8) is 0 Å². The summed E-state index contributed by atoms with van der Waals surface area (Å²) in [5.41, 5.74) is -0.456. The van der Waals surface area contributed by atoms with E-state index in [4.69, 9.17) is 5.26 Å². The van der Waals surface area contributed by atoms with Gasteiger partial charge in [0.2, 0.25) is 10.0 Å². The smallest absolute Gasteiger partial charge is 0.387 e. The molecule has 92 valence electrons. The summed E-state index contributed by atoms with van der Waals surface area (Å²) >= 11 is 0. The van der Waals surface area contributed by atoms with Gasteiger partial charge in [0.1, 0.15) is 22.3 Å². The number of halogens is 2. The lowest BCUT2D eigenvalue weighted by molar-refractivity contribution is -0.0501. The summed E-state index contributed by atoms with van der Waals surface area (Å²) < 4.78 is 53.2. The molecule has 0 spiro atoms. The normalized spacial score (nSPS) is 11.2. The summed E-state index contributed by atoms with van der Waals surface area (Å²) in [4.78, 5) is -0.402. The first-order valence-electron chi connectivity index (χ1n) is 4.34. The number of nitriles is 1. The fraction of sp³-hybridized carbons (Fsp3) is 0.222. The highest BCUT2D eigenvalue weighted by Gasteiger charge is 2.21. The lowest BCUT2D eigenvalue weighted by Gasteiger charge is -2.09. The molecular formula is C9H8F2N2O3S. The molecule has 0 saturated carbocycles. The van der Waals surface area contributed by atoms with Gasteiger partial charge in [-0.15, -0.1) is 0 Å². The van der Waals surface area contributed by atoms with Crippen LogP contribution in [0, 0.1) is 11.3 Å². The van der Waals surface area contributed by atoms with Gasteiger partial charge in [-0.05, 0) is 19.2 Å². The summed E-state index contributed by atoms with van der Waals surface area (Å²) in [6, 6.07) is 4.97. The molecule has 0 bridgehead atoms. The third-order valence-corrected chi connectivity index (χ3v) is 3.33. The number of rotatable bonds is 4. The van der Waals surface area contributed by atoms with Crippen LogP contribution >= 0.6 is 0 Å². The van der Waals surface area contributed by atoms with Gasteiger partial charge in [0.25, 0.3) is 0 Å². The highest BCUT2D eigenvalue weighted by Crippen LogP contribution is 2.26. The second-order valence-electron chi connectivity index (χ2n) is 2.83. The Labute approximate surface area is 96.7 Å². The van der Waals surface area contributed by atoms with Crippen LogP contribution in [0.15, 0.2) is 23.1 Å². The van der Waals surface area contributed by atoms with E-state index in [1.807, 2.05) is 4.72 Å². The average Bonchev–Trinajstić information content (AvgIpc) is 2.28. The zero-order chi connectivity index (χ0) is 13.1. The maximum absolute atomic E-state index is 12.1. The standard InChI is InChI=1S/C9H8F2N2O3S/c1-13-17(14,15)8-4-2-3-7(6(8)5-12)16-9(10)11/h2-4,9,13H,1H3. The predicted octanol–water partition coefficient (Wildman–Crippen LogP) is 1.07. The molecule has 5 nitrogen and oxygen atoms in total. The molecule has 1 aromatic rings. The first kappa shape index (κ1) is 13.3. The molecule has 0 fully saturated rings. The van der Waals surface area contributed by atoms with Crippen LogP contribution in [0.5, 0.6) is 5.75 Å². The van der Waals surface area contributed by atoms with E-state index in [0.717, 1.165) is 19.2 Å². The van der Waals surface area contributed by atoms with Crippen molar-refractivity contribution in [2.45, 2.75) is 11.5 Å². The first-order chi connectivity index (χ1) is 7.92. The average molecular weight is 262 g/mol. The monoisotopic (exact) mass is 262 g/mol. The second-order valence-corrected chi connectivity index (χ2v) is 4.68. The van der Waals surface area contributed by atoms with Crippen molar-refractivity contribution in [2.75, 3.05) is 7.05 Å². The molecule has 0 aromatic heterocycles. The summed E-state index contributed by atoms with van der Waals surface area (Å²) in [5, 5.41) is 8.80. The Hall–Kier alpha value is -1.72. The molecule has 0 unspecified atom stereocenters. The number of benzene rings is 1. The lowest BCUT2D eigenvalue weighted by Crippen LogP contribution is -2.20. The van der Waals surface area contributed by atoms with Crippen molar-refractivity contribution in [3.05, 3.63) is 23.8 Å². The van der Waals surface area contributed by atoms with Gasteiger partial charge in [-0.1, -0.05) is 6.07 Å². The summed E-state index contributed by atoms with van der Waals surface area (Å²) in [5.74, 6) is -0.473. The number of sulfonamides is 1. The van der Waals surface area contributed by atoms with Crippen LogP contribution in [-0.4, -0.2) is 22.1 Å². The van der Waals surface area contributed by atoms with Crippen LogP contribution in [0.3, 0.4) is 0 Å². The quantitative estimate of drug-likeness (QED) is 0.880. The number of alkyl halides is 2.